The predicted octanol–water partition coefficient (Wildman–Crippen LogP) is 2.66. The minimum absolute atomic E-state index is 0.187. The number of nitrogens with zero attached hydrogens (tertiary/aromatic N) is 1. The van der Waals surface area contributed by atoms with Gasteiger partial charge in [0.15, 0.2) is 5.78 Å². The minimum Gasteiger partial charge on any atom is -0.396 e. The molecule has 1 heterocycles. The van der Waals surface area contributed by atoms with E-state index in [4.69, 9.17) is 5.11 Å². The highest BCUT2D eigenvalue weighted by Crippen LogP contribution is 2.22. The number of piperidine rings is 1. The number of carbonyl (C=O) groups is 1. The van der Waals surface area contributed by atoms with Crippen molar-refractivity contribution in [3.05, 3.63) is 35.4 Å². The van der Waals surface area contributed by atoms with Gasteiger partial charge in [0.05, 0.1) is 0 Å². The second-order valence-electron chi connectivity index (χ2n) is 5.78. The molecule has 0 unspecified atom stereocenters. The smallest absolute Gasteiger partial charge is 0.166 e. The maximum Gasteiger partial charge on any atom is 0.166 e. The Bertz CT molecular complexity index is 419. The third-order valence-electron chi connectivity index (χ3n) is 4.18. The van der Waals surface area contributed by atoms with E-state index in [1.165, 1.54) is 5.56 Å². The highest BCUT2D eigenvalue weighted by Gasteiger charge is 2.25. The van der Waals surface area contributed by atoms with E-state index in [0.29, 0.717) is 5.78 Å². The number of aliphatic hydroxyl groups is 1. The van der Waals surface area contributed by atoms with Crippen LogP contribution in [0.15, 0.2) is 24.3 Å². The van der Waals surface area contributed by atoms with Crippen LogP contribution in [0.1, 0.15) is 41.6 Å². The number of carbonyl (C=O) groups excluding carboxylic acids is 1. The minimum atomic E-state index is 0.187. The molecule has 0 aliphatic carbocycles. The van der Waals surface area contributed by atoms with Crippen molar-refractivity contribution in [1.29, 1.82) is 0 Å². The van der Waals surface area contributed by atoms with Gasteiger partial charge in [-0.1, -0.05) is 29.8 Å². The first kappa shape index (κ1) is 15.2. The highest BCUT2D eigenvalue weighted by atomic mass is 16.2. The van der Waals surface area contributed by atoms with Crippen molar-refractivity contribution in [2.24, 2.45) is 5.92 Å². The van der Waals surface area contributed by atoms with Crippen LogP contribution in [0, 0.1) is 12.8 Å². The standard InChI is InChI=1S/C17H25NO2/c1-14-4-6-15(7-5-14)17(20)16-8-11-18(12-9-16)10-2-3-13-19/h4-7,16,19H,2-3,8-13H2,1H3. The molecule has 1 fully saturated rings. The van der Waals surface area contributed by atoms with Gasteiger partial charge in [0, 0.05) is 18.1 Å². The van der Waals surface area contributed by atoms with Crippen LogP contribution >= 0.6 is 0 Å². The van der Waals surface area contributed by atoms with Crippen LogP contribution in [-0.4, -0.2) is 42.0 Å². The first-order chi connectivity index (χ1) is 9.70. The van der Waals surface area contributed by atoms with Gasteiger partial charge in [-0.3, -0.25) is 4.79 Å². The Balaban J connectivity index is 1.81. The monoisotopic (exact) mass is 275 g/mol. The zero-order valence-electron chi connectivity index (χ0n) is 12.3. The van der Waals surface area contributed by atoms with Crippen LogP contribution < -0.4 is 0 Å². The third-order valence-corrected chi connectivity index (χ3v) is 4.18. The maximum atomic E-state index is 12.4. The fraction of sp³-hybridized carbons (Fsp3) is 0.588. The molecular formula is C17H25NO2. The molecule has 1 aromatic rings. The topological polar surface area (TPSA) is 40.5 Å². The van der Waals surface area contributed by atoms with E-state index >= 15 is 0 Å². The van der Waals surface area contributed by atoms with Crippen molar-refractivity contribution in [3.8, 4) is 0 Å². The average Bonchev–Trinajstić information content (AvgIpc) is 2.48. The van der Waals surface area contributed by atoms with Gasteiger partial charge in [-0.05, 0) is 52.2 Å². The van der Waals surface area contributed by atoms with E-state index in [0.717, 1.165) is 50.9 Å². The molecule has 1 aliphatic heterocycles. The van der Waals surface area contributed by atoms with E-state index in [-0.39, 0.29) is 12.5 Å². The summed E-state index contributed by atoms with van der Waals surface area (Å²) < 4.78 is 0. The molecule has 20 heavy (non-hydrogen) atoms. The summed E-state index contributed by atoms with van der Waals surface area (Å²) in [6.45, 7) is 5.38. The number of hydrogen-bond donors (Lipinski definition) is 1. The number of unbranched alkanes of at least 4 members (excludes halogenated alkanes) is 1. The summed E-state index contributed by atoms with van der Waals surface area (Å²) in [5.74, 6) is 0.492. The number of rotatable bonds is 6. The molecule has 2 rings (SSSR count). The van der Waals surface area contributed by atoms with Gasteiger partial charge in [0.25, 0.3) is 0 Å². The predicted molar refractivity (Wildman–Crippen MR) is 81.0 cm³/mol. The van der Waals surface area contributed by atoms with Crippen molar-refractivity contribution >= 4 is 5.78 Å². The van der Waals surface area contributed by atoms with E-state index in [9.17, 15) is 4.79 Å². The molecule has 1 N–H and O–H groups in total. The SMILES string of the molecule is Cc1ccc(C(=O)C2CCN(CCCCO)CC2)cc1. The number of hydrogen-bond acceptors (Lipinski definition) is 3. The Labute approximate surface area is 121 Å². The van der Waals surface area contributed by atoms with Crippen LogP contribution in [0.4, 0.5) is 0 Å². The molecule has 1 saturated heterocycles. The quantitative estimate of drug-likeness (QED) is 0.641. The first-order valence-electron chi connectivity index (χ1n) is 7.65. The molecule has 110 valence electrons. The van der Waals surface area contributed by atoms with Gasteiger partial charge < -0.3 is 10.0 Å². The van der Waals surface area contributed by atoms with E-state index in [2.05, 4.69) is 4.90 Å². The summed E-state index contributed by atoms with van der Waals surface area (Å²) in [6.07, 6.45) is 3.85. The van der Waals surface area contributed by atoms with Crippen LogP contribution in [0.25, 0.3) is 0 Å². The average molecular weight is 275 g/mol. The molecule has 1 aromatic carbocycles. The maximum absolute atomic E-state index is 12.4. The number of aliphatic hydroxyl groups excluding tert-OH is 1. The summed E-state index contributed by atoms with van der Waals surface area (Å²) in [6, 6.07) is 7.92. The lowest BCUT2D eigenvalue weighted by Crippen LogP contribution is -2.37. The van der Waals surface area contributed by atoms with E-state index in [1.54, 1.807) is 0 Å². The molecule has 0 amide bonds. The molecular weight excluding hydrogens is 250 g/mol. The fourth-order valence-electron chi connectivity index (χ4n) is 2.82. The Kier molecular flexibility index (Phi) is 5.74. The Hall–Kier alpha value is -1.19. The zero-order valence-corrected chi connectivity index (χ0v) is 12.3. The van der Waals surface area contributed by atoms with Gasteiger partial charge >= 0.3 is 0 Å². The van der Waals surface area contributed by atoms with Crippen LogP contribution in [-0.2, 0) is 0 Å². The summed E-state index contributed by atoms with van der Waals surface area (Å²) in [5, 5.41) is 8.79. The largest absolute Gasteiger partial charge is 0.396 e. The van der Waals surface area contributed by atoms with Crippen LogP contribution in [0.2, 0.25) is 0 Å². The molecule has 0 spiro atoms. The highest BCUT2D eigenvalue weighted by molar-refractivity contribution is 5.97. The van der Waals surface area contributed by atoms with Gasteiger partial charge in [-0.2, -0.15) is 0 Å². The zero-order chi connectivity index (χ0) is 14.4. The Morgan fingerprint density at radius 2 is 1.85 bits per heavy atom. The summed E-state index contributed by atoms with van der Waals surface area (Å²) in [4.78, 5) is 14.8. The van der Waals surface area contributed by atoms with Gasteiger partial charge in [-0.15, -0.1) is 0 Å². The van der Waals surface area contributed by atoms with E-state index in [1.807, 2.05) is 31.2 Å². The van der Waals surface area contributed by atoms with Crippen molar-refractivity contribution < 1.29 is 9.90 Å². The second kappa shape index (κ2) is 7.55. The number of Topliss-reactive ketones (excluding diaryl/α,β-unsaturated/α-hetero) is 1. The number of benzene rings is 1. The van der Waals surface area contributed by atoms with Gasteiger partial charge in [-0.25, -0.2) is 0 Å². The number of likely N-dealkylation sites (tertiary alicyclic amines) is 1. The molecule has 3 heteroatoms. The Morgan fingerprint density at radius 3 is 2.45 bits per heavy atom. The summed E-state index contributed by atoms with van der Waals surface area (Å²) in [5.41, 5.74) is 2.05. The van der Waals surface area contributed by atoms with Crippen molar-refractivity contribution in [2.45, 2.75) is 32.6 Å². The van der Waals surface area contributed by atoms with Crippen molar-refractivity contribution in [2.75, 3.05) is 26.2 Å². The summed E-state index contributed by atoms with van der Waals surface area (Å²) in [7, 11) is 0. The lowest BCUT2D eigenvalue weighted by Gasteiger charge is -2.31. The summed E-state index contributed by atoms with van der Waals surface area (Å²) >= 11 is 0. The van der Waals surface area contributed by atoms with Crippen LogP contribution in [0.3, 0.4) is 0 Å². The number of aryl methyl sites for hydroxylation is 1. The van der Waals surface area contributed by atoms with Crippen molar-refractivity contribution in [1.82, 2.24) is 4.90 Å². The second-order valence-corrected chi connectivity index (χ2v) is 5.78. The van der Waals surface area contributed by atoms with Gasteiger partial charge in [0.1, 0.15) is 0 Å². The van der Waals surface area contributed by atoms with Crippen molar-refractivity contribution in [3.63, 3.8) is 0 Å². The fourth-order valence-corrected chi connectivity index (χ4v) is 2.82. The Morgan fingerprint density at radius 1 is 1.20 bits per heavy atom. The normalized spacial score (nSPS) is 17.3. The number of ketones is 1. The van der Waals surface area contributed by atoms with E-state index < -0.39 is 0 Å². The molecule has 0 bridgehead atoms. The lowest BCUT2D eigenvalue weighted by atomic mass is 9.88. The van der Waals surface area contributed by atoms with Crippen LogP contribution in [0.5, 0.6) is 0 Å². The molecule has 0 saturated carbocycles. The third kappa shape index (κ3) is 4.15. The lowest BCUT2D eigenvalue weighted by molar-refractivity contribution is 0.0838. The molecule has 0 atom stereocenters. The first-order valence-corrected chi connectivity index (χ1v) is 7.65. The molecule has 0 radical (unpaired) electrons. The molecule has 1 aliphatic rings. The molecule has 0 aromatic heterocycles. The molecule has 3 nitrogen and oxygen atoms in total. The van der Waals surface area contributed by atoms with Gasteiger partial charge in [0.2, 0.25) is 0 Å².